The second kappa shape index (κ2) is 5.59. The van der Waals surface area contributed by atoms with Crippen molar-refractivity contribution in [3.63, 3.8) is 0 Å². The second-order valence-corrected chi connectivity index (χ2v) is 5.41. The van der Waals surface area contributed by atoms with Gasteiger partial charge in [0.05, 0.1) is 0 Å². The second-order valence-electron chi connectivity index (χ2n) is 5.41. The van der Waals surface area contributed by atoms with Crippen LogP contribution in [-0.4, -0.2) is 29.0 Å². The van der Waals surface area contributed by atoms with Gasteiger partial charge < -0.3 is 0 Å². The molecule has 1 aliphatic rings. The lowest BCUT2D eigenvalue weighted by molar-refractivity contribution is 0.234. The Bertz CT molecular complexity index is 594. The molecule has 1 aromatic carbocycles. The van der Waals surface area contributed by atoms with Crippen LogP contribution in [-0.2, 0) is 12.8 Å². The monoisotopic (exact) mass is 264 g/mol. The zero-order valence-corrected chi connectivity index (χ0v) is 11.8. The zero-order valence-electron chi connectivity index (χ0n) is 11.8. The molecule has 1 unspecified atom stereocenters. The normalized spacial score (nSPS) is 17.4. The number of pyridine rings is 1. The molecule has 2 aromatic rings. The van der Waals surface area contributed by atoms with E-state index >= 15 is 0 Å². The number of benzene rings is 1. The van der Waals surface area contributed by atoms with Gasteiger partial charge in [0, 0.05) is 36.9 Å². The molecule has 1 aromatic heterocycles. The smallest absolute Gasteiger partial charge is 0.0346 e. The van der Waals surface area contributed by atoms with Gasteiger partial charge in [-0.3, -0.25) is 9.88 Å². The molecule has 0 N–H and O–H groups in total. The highest BCUT2D eigenvalue weighted by Crippen LogP contribution is 2.30. The molecule has 0 radical (unpaired) electrons. The minimum Gasteiger partial charge on any atom is -0.292 e. The van der Waals surface area contributed by atoms with E-state index in [2.05, 4.69) is 41.2 Å². The maximum Gasteiger partial charge on any atom is 0.0346 e. The lowest BCUT2D eigenvalue weighted by Crippen LogP contribution is -2.40. The molecule has 0 bridgehead atoms. The highest BCUT2D eigenvalue weighted by Gasteiger charge is 2.24. The van der Waals surface area contributed by atoms with Gasteiger partial charge in [0.25, 0.3) is 0 Å². The molecular formula is C18H20N2. The van der Waals surface area contributed by atoms with Crippen LogP contribution in [0.2, 0.25) is 0 Å². The van der Waals surface area contributed by atoms with E-state index in [1.807, 2.05) is 24.5 Å². The molecule has 1 atom stereocenters. The van der Waals surface area contributed by atoms with Gasteiger partial charge in [-0.2, -0.15) is 0 Å². The van der Waals surface area contributed by atoms with Crippen molar-refractivity contribution in [3.05, 3.63) is 67.0 Å². The summed E-state index contributed by atoms with van der Waals surface area (Å²) in [6.07, 6.45) is 10.1. The maximum atomic E-state index is 4.39. The molecule has 2 heteroatoms. The van der Waals surface area contributed by atoms with Gasteiger partial charge >= 0.3 is 0 Å². The molecule has 3 rings (SSSR count). The summed E-state index contributed by atoms with van der Waals surface area (Å²) in [5.74, 6) is 0. The molecule has 0 fully saturated rings. The van der Waals surface area contributed by atoms with Crippen molar-refractivity contribution in [2.24, 2.45) is 0 Å². The van der Waals surface area contributed by atoms with Crippen LogP contribution in [0.5, 0.6) is 0 Å². The van der Waals surface area contributed by atoms with Gasteiger partial charge in [-0.1, -0.05) is 30.4 Å². The van der Waals surface area contributed by atoms with E-state index in [9.17, 15) is 0 Å². The van der Waals surface area contributed by atoms with Crippen LogP contribution in [0.3, 0.4) is 0 Å². The Kier molecular flexibility index (Phi) is 3.66. The summed E-state index contributed by atoms with van der Waals surface area (Å²) in [6.45, 7) is 9.55. The fourth-order valence-electron chi connectivity index (χ4n) is 3.26. The molecule has 1 aliphatic carbocycles. The summed E-state index contributed by atoms with van der Waals surface area (Å²) in [5, 5.41) is 2.67. The molecule has 0 saturated carbocycles. The number of aromatic nitrogens is 1. The quantitative estimate of drug-likeness (QED) is 0.770. The molecule has 1 heterocycles. The van der Waals surface area contributed by atoms with E-state index in [-0.39, 0.29) is 0 Å². The van der Waals surface area contributed by atoms with Crippen LogP contribution in [0.25, 0.3) is 10.8 Å². The van der Waals surface area contributed by atoms with Crippen LogP contribution < -0.4 is 0 Å². The maximum absolute atomic E-state index is 4.39. The van der Waals surface area contributed by atoms with Gasteiger partial charge in [-0.25, -0.2) is 0 Å². The van der Waals surface area contributed by atoms with Crippen LogP contribution in [0.15, 0.2) is 55.9 Å². The van der Waals surface area contributed by atoms with Crippen LogP contribution in [0.4, 0.5) is 0 Å². The molecule has 0 spiro atoms. The lowest BCUT2D eigenvalue weighted by atomic mass is 9.86. The van der Waals surface area contributed by atoms with E-state index in [4.69, 9.17) is 0 Å². The summed E-state index contributed by atoms with van der Waals surface area (Å²) in [5.41, 5.74) is 2.81. The van der Waals surface area contributed by atoms with Crippen molar-refractivity contribution in [2.75, 3.05) is 13.1 Å². The number of nitrogens with zero attached hydrogens (tertiary/aromatic N) is 2. The van der Waals surface area contributed by atoms with Crippen molar-refractivity contribution >= 4 is 10.8 Å². The first-order valence-electron chi connectivity index (χ1n) is 7.14. The molecule has 102 valence electrons. The van der Waals surface area contributed by atoms with Crippen molar-refractivity contribution in [1.82, 2.24) is 9.88 Å². The Hall–Kier alpha value is -1.93. The van der Waals surface area contributed by atoms with E-state index in [0.717, 1.165) is 25.9 Å². The minimum absolute atomic E-state index is 0.508. The standard InChI is InChI=1S/C18H20N2/c1-3-8-20(9-4-2)17-10-14-6-5-7-15-12-19-13-16(11-17)18(14)15/h3-7,12-13,17H,1-2,8-11H2. The average Bonchev–Trinajstić information content (AvgIpc) is 2.47. The first-order valence-corrected chi connectivity index (χ1v) is 7.14. The first-order chi connectivity index (χ1) is 9.83. The fourth-order valence-corrected chi connectivity index (χ4v) is 3.26. The molecule has 20 heavy (non-hydrogen) atoms. The average molecular weight is 264 g/mol. The van der Waals surface area contributed by atoms with Gasteiger partial charge in [0.2, 0.25) is 0 Å². The topological polar surface area (TPSA) is 16.1 Å². The lowest BCUT2D eigenvalue weighted by Gasteiger charge is -2.33. The molecule has 2 nitrogen and oxygen atoms in total. The predicted octanol–water partition coefficient (Wildman–Crippen LogP) is 3.38. The van der Waals surface area contributed by atoms with E-state index in [0.29, 0.717) is 6.04 Å². The van der Waals surface area contributed by atoms with Gasteiger partial charge in [0.1, 0.15) is 0 Å². The fraction of sp³-hybridized carbons (Fsp3) is 0.278. The van der Waals surface area contributed by atoms with E-state index in [1.165, 1.54) is 21.9 Å². The first kappa shape index (κ1) is 13.1. The van der Waals surface area contributed by atoms with Gasteiger partial charge in [-0.15, -0.1) is 13.2 Å². The minimum atomic E-state index is 0.508. The Morgan fingerprint density at radius 3 is 2.60 bits per heavy atom. The Morgan fingerprint density at radius 2 is 1.85 bits per heavy atom. The van der Waals surface area contributed by atoms with Crippen LogP contribution in [0.1, 0.15) is 11.1 Å². The van der Waals surface area contributed by atoms with Crippen molar-refractivity contribution in [1.29, 1.82) is 0 Å². The summed E-state index contributed by atoms with van der Waals surface area (Å²) in [6, 6.07) is 7.05. The van der Waals surface area contributed by atoms with Crippen molar-refractivity contribution in [3.8, 4) is 0 Å². The summed E-state index contributed by atoms with van der Waals surface area (Å²) < 4.78 is 0. The Balaban J connectivity index is 1.98. The SMILES string of the molecule is C=CCN(CC=C)C1Cc2cccc3cncc(c23)C1. The Labute approximate surface area is 120 Å². The zero-order chi connectivity index (χ0) is 13.9. The van der Waals surface area contributed by atoms with Crippen molar-refractivity contribution < 1.29 is 0 Å². The third kappa shape index (κ3) is 2.27. The van der Waals surface area contributed by atoms with E-state index < -0.39 is 0 Å². The largest absolute Gasteiger partial charge is 0.292 e. The predicted molar refractivity (Wildman–Crippen MR) is 84.9 cm³/mol. The molecule has 0 saturated heterocycles. The molecule has 0 amide bonds. The van der Waals surface area contributed by atoms with Crippen LogP contribution >= 0.6 is 0 Å². The summed E-state index contributed by atoms with van der Waals surface area (Å²) >= 11 is 0. The highest BCUT2D eigenvalue weighted by atomic mass is 15.1. The molecular weight excluding hydrogens is 244 g/mol. The van der Waals surface area contributed by atoms with Gasteiger partial charge in [-0.05, 0) is 29.4 Å². The number of hydrogen-bond donors (Lipinski definition) is 0. The van der Waals surface area contributed by atoms with Gasteiger partial charge in [0.15, 0.2) is 0 Å². The number of rotatable bonds is 5. The molecule has 0 aliphatic heterocycles. The third-order valence-corrected chi connectivity index (χ3v) is 4.10. The number of hydrogen-bond acceptors (Lipinski definition) is 2. The van der Waals surface area contributed by atoms with Crippen molar-refractivity contribution in [2.45, 2.75) is 18.9 Å². The summed E-state index contributed by atoms with van der Waals surface area (Å²) in [7, 11) is 0. The van der Waals surface area contributed by atoms with Crippen LogP contribution in [0, 0.1) is 0 Å². The summed E-state index contributed by atoms with van der Waals surface area (Å²) in [4.78, 5) is 6.82. The third-order valence-electron chi connectivity index (χ3n) is 4.10. The van der Waals surface area contributed by atoms with E-state index in [1.54, 1.807) is 0 Å². The highest BCUT2D eigenvalue weighted by molar-refractivity contribution is 5.88. The Morgan fingerprint density at radius 1 is 1.10 bits per heavy atom.